The van der Waals surface area contributed by atoms with E-state index >= 15 is 0 Å². The molecule has 0 spiro atoms. The molecule has 0 bridgehead atoms. The third kappa shape index (κ3) is 5.55. The standard InChI is InChI=1S/C31H29N3O3/c35-30(28-14-8-7-13-27(28)23-9-3-1-4-10-23)32-25-15-17-26(18-16-25)33-19-21-34(22-20-33)29(31(36)37)24-11-5-2-6-12-24/h1-18,29H,19-22H2,(H,32,35)(H,36,37). The van der Waals surface area contributed by atoms with Gasteiger partial charge in [-0.3, -0.25) is 14.5 Å². The lowest BCUT2D eigenvalue weighted by molar-refractivity contribution is -0.143. The molecule has 1 fully saturated rings. The fraction of sp³-hybridized carbons (Fsp3) is 0.161. The van der Waals surface area contributed by atoms with E-state index in [1.165, 1.54) is 0 Å². The fourth-order valence-electron chi connectivity index (χ4n) is 4.89. The molecule has 0 saturated carbocycles. The van der Waals surface area contributed by atoms with Crippen molar-refractivity contribution in [2.75, 3.05) is 36.4 Å². The van der Waals surface area contributed by atoms with E-state index in [-0.39, 0.29) is 5.91 Å². The molecule has 0 radical (unpaired) electrons. The van der Waals surface area contributed by atoms with E-state index in [0.717, 1.165) is 41.2 Å². The first-order valence-electron chi connectivity index (χ1n) is 12.4. The van der Waals surface area contributed by atoms with Crippen molar-refractivity contribution in [3.63, 3.8) is 0 Å². The topological polar surface area (TPSA) is 72.9 Å². The summed E-state index contributed by atoms with van der Waals surface area (Å²) in [4.78, 5) is 29.3. The van der Waals surface area contributed by atoms with Crippen LogP contribution in [-0.2, 0) is 4.79 Å². The number of carbonyl (C=O) groups is 2. The Bertz CT molecular complexity index is 1350. The summed E-state index contributed by atoms with van der Waals surface area (Å²) in [5.74, 6) is -0.977. The Hall–Kier alpha value is -4.42. The maximum atomic E-state index is 13.1. The van der Waals surface area contributed by atoms with Crippen molar-refractivity contribution in [3.8, 4) is 11.1 Å². The zero-order chi connectivity index (χ0) is 25.6. The van der Waals surface area contributed by atoms with E-state index in [4.69, 9.17) is 0 Å². The summed E-state index contributed by atoms with van der Waals surface area (Å²) >= 11 is 0. The molecule has 4 aromatic carbocycles. The number of carboxylic acids is 1. The lowest BCUT2D eigenvalue weighted by Crippen LogP contribution is -2.49. The molecule has 0 aliphatic carbocycles. The first-order valence-corrected chi connectivity index (χ1v) is 12.4. The van der Waals surface area contributed by atoms with Crippen LogP contribution in [0.2, 0.25) is 0 Å². The molecular weight excluding hydrogens is 462 g/mol. The molecule has 4 aromatic rings. The normalized spacial score (nSPS) is 14.6. The average molecular weight is 492 g/mol. The van der Waals surface area contributed by atoms with E-state index < -0.39 is 12.0 Å². The number of anilines is 2. The van der Waals surface area contributed by atoms with Gasteiger partial charge < -0.3 is 15.3 Å². The van der Waals surface area contributed by atoms with Gasteiger partial charge in [0.15, 0.2) is 0 Å². The third-order valence-electron chi connectivity index (χ3n) is 6.78. The molecule has 37 heavy (non-hydrogen) atoms. The Morgan fingerprint density at radius 3 is 1.95 bits per heavy atom. The van der Waals surface area contributed by atoms with E-state index in [0.29, 0.717) is 18.7 Å². The van der Waals surface area contributed by atoms with Gasteiger partial charge in [0.05, 0.1) is 0 Å². The van der Waals surface area contributed by atoms with Gasteiger partial charge in [0.1, 0.15) is 6.04 Å². The fourth-order valence-corrected chi connectivity index (χ4v) is 4.89. The second-order valence-electron chi connectivity index (χ2n) is 9.09. The summed E-state index contributed by atoms with van der Waals surface area (Å²) in [6.45, 7) is 2.76. The number of aliphatic carboxylic acids is 1. The Kier molecular flexibility index (Phi) is 7.28. The Morgan fingerprint density at radius 2 is 1.30 bits per heavy atom. The summed E-state index contributed by atoms with van der Waals surface area (Å²) < 4.78 is 0. The predicted octanol–water partition coefficient (Wildman–Crippen LogP) is 5.55. The monoisotopic (exact) mass is 491 g/mol. The van der Waals surface area contributed by atoms with Crippen LogP contribution in [-0.4, -0.2) is 48.1 Å². The van der Waals surface area contributed by atoms with Crippen LogP contribution in [0.25, 0.3) is 11.1 Å². The van der Waals surface area contributed by atoms with Gasteiger partial charge in [0.2, 0.25) is 0 Å². The van der Waals surface area contributed by atoms with Crippen molar-refractivity contribution in [3.05, 3.63) is 120 Å². The van der Waals surface area contributed by atoms with Crippen LogP contribution in [0.5, 0.6) is 0 Å². The van der Waals surface area contributed by atoms with Gasteiger partial charge in [-0.25, -0.2) is 0 Å². The van der Waals surface area contributed by atoms with Crippen molar-refractivity contribution in [2.24, 2.45) is 0 Å². The lowest BCUT2D eigenvalue weighted by atomic mass is 9.99. The largest absolute Gasteiger partial charge is 0.480 e. The first-order chi connectivity index (χ1) is 18.1. The zero-order valence-corrected chi connectivity index (χ0v) is 20.5. The maximum Gasteiger partial charge on any atom is 0.325 e. The van der Waals surface area contributed by atoms with Gasteiger partial charge in [0, 0.05) is 43.1 Å². The molecule has 1 aliphatic heterocycles. The summed E-state index contributed by atoms with van der Waals surface area (Å²) in [5, 5.41) is 12.9. The molecule has 1 heterocycles. The molecule has 0 aromatic heterocycles. The smallest absolute Gasteiger partial charge is 0.325 e. The molecule has 6 nitrogen and oxygen atoms in total. The number of nitrogens with zero attached hydrogens (tertiary/aromatic N) is 2. The zero-order valence-electron chi connectivity index (χ0n) is 20.5. The van der Waals surface area contributed by atoms with Crippen LogP contribution in [0.15, 0.2) is 109 Å². The average Bonchev–Trinajstić information content (AvgIpc) is 2.95. The molecule has 2 N–H and O–H groups in total. The van der Waals surface area contributed by atoms with Crippen LogP contribution in [0.4, 0.5) is 11.4 Å². The predicted molar refractivity (Wildman–Crippen MR) is 147 cm³/mol. The number of piperazine rings is 1. The molecule has 1 amide bonds. The van der Waals surface area contributed by atoms with Crippen LogP contribution in [0.3, 0.4) is 0 Å². The maximum absolute atomic E-state index is 13.1. The number of carboxylic acid groups (broad SMARTS) is 1. The van der Waals surface area contributed by atoms with Gasteiger partial charge in [-0.05, 0) is 47.0 Å². The number of hydrogen-bond donors (Lipinski definition) is 2. The van der Waals surface area contributed by atoms with Crippen LogP contribution >= 0.6 is 0 Å². The van der Waals surface area contributed by atoms with Crippen LogP contribution in [0, 0.1) is 0 Å². The van der Waals surface area contributed by atoms with E-state index in [9.17, 15) is 14.7 Å². The minimum absolute atomic E-state index is 0.151. The molecule has 1 atom stereocenters. The Labute approximate surface area is 216 Å². The Morgan fingerprint density at radius 1 is 0.703 bits per heavy atom. The van der Waals surface area contributed by atoms with E-state index in [2.05, 4.69) is 10.2 Å². The summed E-state index contributed by atoms with van der Waals surface area (Å²) in [6.07, 6.45) is 0. The summed E-state index contributed by atoms with van der Waals surface area (Å²) in [5.41, 5.74) is 5.10. The number of nitrogens with one attached hydrogen (secondary N) is 1. The summed E-state index contributed by atoms with van der Waals surface area (Å²) in [6, 6.07) is 34.1. The lowest BCUT2D eigenvalue weighted by Gasteiger charge is -2.39. The quantitative estimate of drug-likeness (QED) is 0.354. The van der Waals surface area contributed by atoms with E-state index in [1.54, 1.807) is 0 Å². The second-order valence-corrected chi connectivity index (χ2v) is 9.09. The van der Waals surface area contributed by atoms with Crippen molar-refractivity contribution < 1.29 is 14.7 Å². The van der Waals surface area contributed by atoms with Crippen molar-refractivity contribution >= 4 is 23.3 Å². The van der Waals surface area contributed by atoms with Crippen LogP contribution in [0.1, 0.15) is 22.0 Å². The molecule has 6 heteroatoms. The Balaban J connectivity index is 1.23. The molecule has 186 valence electrons. The van der Waals surface area contributed by atoms with E-state index in [1.807, 2.05) is 114 Å². The number of hydrogen-bond acceptors (Lipinski definition) is 4. The second kappa shape index (κ2) is 11.1. The third-order valence-corrected chi connectivity index (χ3v) is 6.78. The minimum Gasteiger partial charge on any atom is -0.480 e. The number of carbonyl (C=O) groups excluding carboxylic acids is 1. The van der Waals surface area contributed by atoms with Gasteiger partial charge in [-0.2, -0.15) is 0 Å². The van der Waals surface area contributed by atoms with Gasteiger partial charge >= 0.3 is 5.97 Å². The SMILES string of the molecule is O=C(Nc1ccc(N2CCN(C(C(=O)O)c3ccccc3)CC2)cc1)c1ccccc1-c1ccccc1. The molecular formula is C31H29N3O3. The highest BCUT2D eigenvalue weighted by atomic mass is 16.4. The van der Waals surface area contributed by atoms with Gasteiger partial charge in [0.25, 0.3) is 5.91 Å². The highest BCUT2D eigenvalue weighted by molar-refractivity contribution is 6.08. The highest BCUT2D eigenvalue weighted by Crippen LogP contribution is 2.27. The highest BCUT2D eigenvalue weighted by Gasteiger charge is 2.30. The van der Waals surface area contributed by atoms with Crippen LogP contribution < -0.4 is 10.2 Å². The number of amides is 1. The van der Waals surface area contributed by atoms with Crippen molar-refractivity contribution in [1.29, 1.82) is 0 Å². The molecule has 1 aliphatic rings. The molecule has 5 rings (SSSR count). The van der Waals surface area contributed by atoms with Crippen molar-refractivity contribution in [2.45, 2.75) is 6.04 Å². The number of rotatable bonds is 7. The first kappa shape index (κ1) is 24.3. The summed E-state index contributed by atoms with van der Waals surface area (Å²) in [7, 11) is 0. The van der Waals surface area contributed by atoms with Crippen molar-refractivity contribution in [1.82, 2.24) is 4.90 Å². The number of benzene rings is 4. The van der Waals surface area contributed by atoms with Gasteiger partial charge in [-0.15, -0.1) is 0 Å². The molecule has 1 unspecified atom stereocenters. The molecule has 1 saturated heterocycles. The minimum atomic E-state index is -0.825. The van der Waals surface area contributed by atoms with Gasteiger partial charge in [-0.1, -0.05) is 78.9 Å².